The topological polar surface area (TPSA) is 41.1 Å². The Morgan fingerprint density at radius 3 is 2.62 bits per heavy atom. The molecule has 0 saturated heterocycles. The monoisotopic (exact) mass is 298 g/mol. The number of thiocarbonyl (C=S) groups is 1. The minimum Gasteiger partial charge on any atom is -0.359 e. The van der Waals surface area contributed by atoms with Crippen molar-refractivity contribution in [2.45, 2.75) is 0 Å². The van der Waals surface area contributed by atoms with Crippen molar-refractivity contribution in [1.29, 1.82) is 0 Å². The van der Waals surface area contributed by atoms with Crippen LogP contribution in [0, 0.1) is 0 Å². The molecule has 0 unspecified atom stereocenters. The lowest BCUT2D eigenvalue weighted by molar-refractivity contribution is 0.0977. The summed E-state index contributed by atoms with van der Waals surface area (Å²) in [5, 5.41) is 5.68. The molecule has 0 fully saturated rings. The number of carbonyl (C=O) groups excluding carboxylic acids is 1. The predicted octanol–water partition coefficient (Wildman–Crippen LogP) is 2.24. The van der Waals surface area contributed by atoms with Crippen molar-refractivity contribution in [3.05, 3.63) is 47.0 Å². The fourth-order valence-corrected chi connectivity index (χ4v) is 1.43. The largest absolute Gasteiger partial charge is 0.359 e. The van der Waals surface area contributed by atoms with Crippen LogP contribution in [0.4, 0.5) is 0 Å². The molecule has 1 aromatic carbocycles. The van der Waals surface area contributed by atoms with Crippen LogP contribution in [0.5, 0.6) is 0 Å². The molecule has 5 heteroatoms. The Labute approximate surface area is 108 Å². The molecule has 2 N–H and O–H groups in total. The molecular formula is C11H11BrN2OS. The van der Waals surface area contributed by atoms with E-state index in [1.54, 1.807) is 30.3 Å². The number of hydrogen-bond acceptors (Lipinski definition) is 2. The minimum atomic E-state index is -0.228. The maximum absolute atomic E-state index is 11.6. The van der Waals surface area contributed by atoms with E-state index in [0.29, 0.717) is 17.2 Å². The van der Waals surface area contributed by atoms with Gasteiger partial charge in [0.15, 0.2) is 5.11 Å². The lowest BCUT2D eigenvalue weighted by Gasteiger charge is -2.07. The van der Waals surface area contributed by atoms with E-state index in [-0.39, 0.29) is 5.91 Å². The molecule has 1 amide bonds. The van der Waals surface area contributed by atoms with E-state index in [4.69, 9.17) is 12.2 Å². The van der Waals surface area contributed by atoms with E-state index in [1.165, 1.54) is 0 Å². The number of nitrogens with one attached hydrogen (secondary N) is 2. The normalized spacial score (nSPS) is 9.31. The van der Waals surface area contributed by atoms with Crippen molar-refractivity contribution in [2.75, 3.05) is 6.54 Å². The van der Waals surface area contributed by atoms with E-state index in [0.717, 1.165) is 4.47 Å². The van der Waals surface area contributed by atoms with Crippen LogP contribution in [-0.2, 0) is 0 Å². The highest BCUT2D eigenvalue weighted by molar-refractivity contribution is 9.10. The van der Waals surface area contributed by atoms with Crippen molar-refractivity contribution in [3.63, 3.8) is 0 Å². The number of amides is 1. The van der Waals surface area contributed by atoms with Crippen molar-refractivity contribution >= 4 is 39.2 Å². The van der Waals surface area contributed by atoms with Crippen LogP contribution in [0.25, 0.3) is 0 Å². The van der Waals surface area contributed by atoms with Crippen molar-refractivity contribution in [1.82, 2.24) is 10.6 Å². The van der Waals surface area contributed by atoms with Gasteiger partial charge in [0.25, 0.3) is 5.91 Å². The second-order valence-corrected chi connectivity index (χ2v) is 4.28. The van der Waals surface area contributed by atoms with Gasteiger partial charge in [-0.15, -0.1) is 6.58 Å². The highest BCUT2D eigenvalue weighted by Crippen LogP contribution is 2.10. The van der Waals surface area contributed by atoms with Gasteiger partial charge in [-0.1, -0.05) is 22.0 Å². The third kappa shape index (κ3) is 4.12. The average Bonchev–Trinajstić information content (AvgIpc) is 2.27. The summed E-state index contributed by atoms with van der Waals surface area (Å²) in [6.45, 7) is 4.07. The Bertz CT molecular complexity index is 403. The third-order valence-corrected chi connectivity index (χ3v) is 2.52. The SMILES string of the molecule is C=CCNC(=S)NC(=O)c1ccc(Br)cc1. The van der Waals surface area contributed by atoms with Gasteiger partial charge in [0.05, 0.1) is 0 Å². The van der Waals surface area contributed by atoms with Gasteiger partial charge in [-0.05, 0) is 36.5 Å². The Hall–Kier alpha value is -1.20. The van der Waals surface area contributed by atoms with E-state index in [2.05, 4.69) is 33.1 Å². The van der Waals surface area contributed by atoms with Crippen LogP contribution < -0.4 is 10.6 Å². The summed E-state index contributed by atoms with van der Waals surface area (Å²) in [6, 6.07) is 7.04. The summed E-state index contributed by atoms with van der Waals surface area (Å²) in [7, 11) is 0. The van der Waals surface area contributed by atoms with Crippen LogP contribution in [0.15, 0.2) is 41.4 Å². The fourth-order valence-electron chi connectivity index (χ4n) is 0.986. The molecule has 16 heavy (non-hydrogen) atoms. The van der Waals surface area contributed by atoms with Crippen molar-refractivity contribution in [2.24, 2.45) is 0 Å². The number of carbonyl (C=O) groups is 1. The molecule has 0 atom stereocenters. The van der Waals surface area contributed by atoms with Gasteiger partial charge in [0, 0.05) is 16.6 Å². The van der Waals surface area contributed by atoms with Crippen molar-refractivity contribution < 1.29 is 4.79 Å². The zero-order valence-electron chi connectivity index (χ0n) is 8.50. The quantitative estimate of drug-likeness (QED) is 0.664. The van der Waals surface area contributed by atoms with E-state index in [1.807, 2.05) is 0 Å². The Morgan fingerprint density at radius 1 is 1.44 bits per heavy atom. The predicted molar refractivity (Wildman–Crippen MR) is 72.4 cm³/mol. The fraction of sp³-hybridized carbons (Fsp3) is 0.0909. The molecule has 0 heterocycles. The summed E-state index contributed by atoms with van der Waals surface area (Å²) in [5.41, 5.74) is 0.561. The molecule has 0 aliphatic carbocycles. The minimum absolute atomic E-state index is 0.228. The first kappa shape index (κ1) is 12.9. The number of benzene rings is 1. The molecule has 0 spiro atoms. The molecule has 0 bridgehead atoms. The van der Waals surface area contributed by atoms with Crippen LogP contribution in [0.1, 0.15) is 10.4 Å². The lowest BCUT2D eigenvalue weighted by atomic mass is 10.2. The highest BCUT2D eigenvalue weighted by Gasteiger charge is 2.06. The molecule has 0 radical (unpaired) electrons. The second kappa shape index (κ2) is 6.40. The van der Waals surface area contributed by atoms with E-state index < -0.39 is 0 Å². The summed E-state index contributed by atoms with van der Waals surface area (Å²) < 4.78 is 0.927. The lowest BCUT2D eigenvalue weighted by Crippen LogP contribution is -2.39. The van der Waals surface area contributed by atoms with E-state index >= 15 is 0 Å². The molecule has 84 valence electrons. The zero-order chi connectivity index (χ0) is 12.0. The van der Waals surface area contributed by atoms with Crippen molar-refractivity contribution in [3.8, 4) is 0 Å². The molecule has 0 aliphatic rings. The maximum Gasteiger partial charge on any atom is 0.257 e. The summed E-state index contributed by atoms with van der Waals surface area (Å²) in [5.74, 6) is -0.228. The molecule has 0 aromatic heterocycles. The first-order valence-corrected chi connectivity index (χ1v) is 5.79. The Balaban J connectivity index is 2.55. The van der Waals surface area contributed by atoms with Crippen LogP contribution in [-0.4, -0.2) is 17.6 Å². The Morgan fingerprint density at radius 2 is 2.06 bits per heavy atom. The van der Waals surface area contributed by atoms with Gasteiger partial charge in [0.2, 0.25) is 0 Å². The summed E-state index contributed by atoms with van der Waals surface area (Å²) in [4.78, 5) is 11.6. The highest BCUT2D eigenvalue weighted by atomic mass is 79.9. The standard InChI is InChI=1S/C11H11BrN2OS/c1-2-7-13-11(16)14-10(15)8-3-5-9(12)6-4-8/h2-6H,1,7H2,(H2,13,14,15,16). The molecular weight excluding hydrogens is 288 g/mol. The smallest absolute Gasteiger partial charge is 0.257 e. The average molecular weight is 299 g/mol. The van der Waals surface area contributed by atoms with Gasteiger partial charge in [0.1, 0.15) is 0 Å². The molecule has 1 aromatic rings. The van der Waals surface area contributed by atoms with Gasteiger partial charge >= 0.3 is 0 Å². The van der Waals surface area contributed by atoms with Gasteiger partial charge in [-0.25, -0.2) is 0 Å². The number of hydrogen-bond donors (Lipinski definition) is 2. The van der Waals surface area contributed by atoms with Crippen LogP contribution in [0.2, 0.25) is 0 Å². The first-order valence-electron chi connectivity index (χ1n) is 4.59. The summed E-state index contributed by atoms with van der Waals surface area (Å²) >= 11 is 8.22. The zero-order valence-corrected chi connectivity index (χ0v) is 10.9. The molecule has 0 saturated carbocycles. The Kier molecular flexibility index (Phi) is 5.14. The van der Waals surface area contributed by atoms with Gasteiger partial charge < -0.3 is 5.32 Å². The number of halogens is 1. The van der Waals surface area contributed by atoms with E-state index in [9.17, 15) is 4.79 Å². The molecule has 3 nitrogen and oxygen atoms in total. The molecule has 0 aliphatic heterocycles. The maximum atomic E-state index is 11.6. The first-order chi connectivity index (χ1) is 7.63. The number of rotatable bonds is 3. The van der Waals surface area contributed by atoms with Gasteiger partial charge in [-0.3, -0.25) is 10.1 Å². The van der Waals surface area contributed by atoms with Crippen LogP contribution >= 0.6 is 28.1 Å². The third-order valence-electron chi connectivity index (χ3n) is 1.74. The second-order valence-electron chi connectivity index (χ2n) is 2.96. The summed E-state index contributed by atoms with van der Waals surface area (Å²) in [6.07, 6.45) is 1.66. The van der Waals surface area contributed by atoms with Gasteiger partial charge in [-0.2, -0.15) is 0 Å². The van der Waals surface area contributed by atoms with Crippen LogP contribution in [0.3, 0.4) is 0 Å². The molecule has 1 rings (SSSR count).